The van der Waals surface area contributed by atoms with Gasteiger partial charge in [-0.25, -0.2) is 12.7 Å². The maximum Gasteiger partial charge on any atom is 0.211 e. The van der Waals surface area contributed by atoms with E-state index >= 15 is 0 Å². The van der Waals surface area contributed by atoms with Crippen LogP contribution in [0.1, 0.15) is 31.4 Å². The molecule has 2 atom stereocenters. The summed E-state index contributed by atoms with van der Waals surface area (Å²) in [5.41, 5.74) is 3.42. The summed E-state index contributed by atoms with van der Waals surface area (Å²) in [6.45, 7) is 3.23. The first-order valence-electron chi connectivity index (χ1n) is 11.8. The molecule has 0 bridgehead atoms. The number of sulfonamides is 1. The Morgan fingerprint density at radius 1 is 1.26 bits per heavy atom. The van der Waals surface area contributed by atoms with Crippen molar-refractivity contribution in [2.75, 3.05) is 44.4 Å². The van der Waals surface area contributed by atoms with Crippen LogP contribution in [-0.4, -0.2) is 62.6 Å². The lowest BCUT2D eigenvalue weighted by molar-refractivity contribution is -0.123. The molecule has 2 aliphatic heterocycles. The Morgan fingerprint density at radius 2 is 2.12 bits per heavy atom. The van der Waals surface area contributed by atoms with Crippen LogP contribution in [0.25, 0.3) is 11.1 Å². The van der Waals surface area contributed by atoms with Crippen molar-refractivity contribution in [2.45, 2.75) is 32.1 Å². The predicted molar refractivity (Wildman–Crippen MR) is 135 cm³/mol. The number of benzene rings is 1. The molecule has 1 N–H and O–H groups in total. The van der Waals surface area contributed by atoms with E-state index in [0.717, 1.165) is 43.0 Å². The van der Waals surface area contributed by atoms with Crippen LogP contribution in [0.4, 0.5) is 5.69 Å². The van der Waals surface area contributed by atoms with Crippen LogP contribution in [0.3, 0.4) is 0 Å². The fourth-order valence-electron chi connectivity index (χ4n) is 4.66. The Balaban J connectivity index is 1.44. The molecule has 1 aromatic carbocycles. The molecule has 0 aliphatic carbocycles. The molecular weight excluding hydrogens is 474 g/mol. The number of piperidine rings is 1. The Morgan fingerprint density at radius 3 is 2.88 bits per heavy atom. The Kier molecular flexibility index (Phi) is 8.24. The van der Waals surface area contributed by atoms with Crippen molar-refractivity contribution in [1.29, 1.82) is 0 Å². The number of nitrogens with zero attached hydrogens (tertiary/aromatic N) is 2. The minimum absolute atomic E-state index is 0.0132. The van der Waals surface area contributed by atoms with Crippen molar-refractivity contribution in [3.63, 3.8) is 0 Å². The van der Waals surface area contributed by atoms with Gasteiger partial charge in [0.15, 0.2) is 0 Å². The smallest absolute Gasteiger partial charge is 0.211 e. The van der Waals surface area contributed by atoms with Gasteiger partial charge in [0.2, 0.25) is 10.0 Å². The molecule has 1 unspecified atom stereocenters. The molecule has 0 radical (unpaired) electrons. The summed E-state index contributed by atoms with van der Waals surface area (Å²) in [7, 11) is -3.29. The van der Waals surface area contributed by atoms with E-state index in [-0.39, 0.29) is 24.7 Å². The van der Waals surface area contributed by atoms with E-state index in [1.54, 1.807) is 6.20 Å². The van der Waals surface area contributed by atoms with E-state index in [4.69, 9.17) is 16.3 Å². The van der Waals surface area contributed by atoms with Gasteiger partial charge < -0.3 is 10.1 Å². The first-order chi connectivity index (χ1) is 16.3. The number of hydrogen-bond donors (Lipinski definition) is 1. The lowest BCUT2D eigenvalue weighted by Crippen LogP contribution is -2.42. The average Bonchev–Trinajstić information content (AvgIpc) is 2.84. The quantitative estimate of drug-likeness (QED) is 0.582. The number of pyridine rings is 1. The fourth-order valence-corrected chi connectivity index (χ4v) is 5.78. The van der Waals surface area contributed by atoms with Gasteiger partial charge in [-0.15, -0.1) is 0 Å². The number of ketones is 1. The Bertz CT molecular complexity index is 1120. The third kappa shape index (κ3) is 6.56. The highest BCUT2D eigenvalue weighted by Gasteiger charge is 2.30. The molecule has 0 spiro atoms. The van der Waals surface area contributed by atoms with Gasteiger partial charge in [-0.3, -0.25) is 9.78 Å². The molecule has 2 aromatic rings. The first-order valence-corrected chi connectivity index (χ1v) is 14.1. The normalized spacial score (nSPS) is 21.8. The van der Waals surface area contributed by atoms with Crippen molar-refractivity contribution in [1.82, 2.24) is 9.29 Å². The molecule has 1 aromatic heterocycles. The van der Waals surface area contributed by atoms with Crippen molar-refractivity contribution >= 4 is 33.1 Å². The molecule has 184 valence electrons. The van der Waals surface area contributed by atoms with Crippen LogP contribution in [0.5, 0.6) is 0 Å². The highest BCUT2D eigenvalue weighted by molar-refractivity contribution is 7.88. The van der Waals surface area contributed by atoms with E-state index < -0.39 is 10.0 Å². The largest absolute Gasteiger partial charge is 0.385 e. The first kappa shape index (κ1) is 25.1. The molecule has 9 heteroatoms. The zero-order chi connectivity index (χ0) is 24.1. The van der Waals surface area contributed by atoms with E-state index in [9.17, 15) is 13.2 Å². The number of nitrogens with one attached hydrogen (secondary N) is 1. The predicted octanol–water partition coefficient (Wildman–Crippen LogP) is 4.02. The fraction of sp³-hybridized carbons (Fsp3) is 0.520. The lowest BCUT2D eigenvalue weighted by Gasteiger charge is -2.30. The van der Waals surface area contributed by atoms with Gasteiger partial charge in [0.1, 0.15) is 5.78 Å². The number of rotatable bonds is 8. The minimum atomic E-state index is -3.29. The SMILES string of the molecule is CS(=O)(=O)N1CCC[C@H](C(=O)Cc2cc(-c3cccc(NCC4CCCOC4)c3)c(Cl)cn2)C1. The van der Waals surface area contributed by atoms with Crippen molar-refractivity contribution in [3.8, 4) is 11.1 Å². The summed E-state index contributed by atoms with van der Waals surface area (Å²) in [4.78, 5) is 17.3. The minimum Gasteiger partial charge on any atom is -0.385 e. The van der Waals surface area contributed by atoms with E-state index in [1.165, 1.54) is 17.0 Å². The number of ether oxygens (including phenoxy) is 1. The second kappa shape index (κ2) is 11.2. The van der Waals surface area contributed by atoms with Crippen LogP contribution in [0.15, 0.2) is 36.5 Å². The summed E-state index contributed by atoms with van der Waals surface area (Å²) in [5.74, 6) is 0.220. The molecule has 2 saturated heterocycles. The van der Waals surface area contributed by atoms with Crippen LogP contribution >= 0.6 is 11.6 Å². The van der Waals surface area contributed by atoms with Crippen molar-refractivity contribution in [3.05, 3.63) is 47.2 Å². The summed E-state index contributed by atoms with van der Waals surface area (Å²) >= 11 is 6.48. The maximum absolute atomic E-state index is 12.9. The molecule has 7 nitrogen and oxygen atoms in total. The van der Waals surface area contributed by atoms with Gasteiger partial charge in [-0.05, 0) is 55.4 Å². The average molecular weight is 506 g/mol. The third-order valence-electron chi connectivity index (χ3n) is 6.60. The summed E-state index contributed by atoms with van der Waals surface area (Å²) in [6, 6.07) is 9.93. The van der Waals surface area contributed by atoms with E-state index in [1.807, 2.05) is 24.3 Å². The molecule has 4 rings (SSSR count). The Labute approximate surface area is 206 Å². The standard InChI is InChI=1S/C25H32ClN3O4S/c1-34(31,32)29-9-3-7-20(16-29)25(30)13-22-12-23(24(26)15-28-22)19-6-2-8-21(11-19)27-14-18-5-4-10-33-17-18/h2,6,8,11-12,15,18,20,27H,3-5,7,9-10,13-14,16-17H2,1H3/t18?,20-/m0/s1. The molecule has 3 heterocycles. The van der Waals surface area contributed by atoms with Crippen molar-refractivity contribution in [2.24, 2.45) is 11.8 Å². The maximum atomic E-state index is 12.9. The van der Waals surface area contributed by atoms with Gasteiger partial charge in [0, 0.05) is 61.7 Å². The summed E-state index contributed by atoms with van der Waals surface area (Å²) in [6.07, 6.45) is 6.60. The number of halogens is 1. The van der Waals surface area contributed by atoms with E-state index in [0.29, 0.717) is 36.0 Å². The van der Waals surface area contributed by atoms with Gasteiger partial charge in [0.25, 0.3) is 0 Å². The van der Waals surface area contributed by atoms with E-state index in [2.05, 4.69) is 16.4 Å². The monoisotopic (exact) mass is 505 g/mol. The van der Waals surface area contributed by atoms with Gasteiger partial charge in [0.05, 0.1) is 17.9 Å². The van der Waals surface area contributed by atoms with Crippen LogP contribution in [-0.2, 0) is 26.0 Å². The number of carbonyl (C=O) groups is 1. The number of Topliss-reactive ketones (excluding diaryl/α,β-unsaturated/α-hetero) is 1. The van der Waals surface area contributed by atoms with Gasteiger partial charge in [-0.1, -0.05) is 23.7 Å². The lowest BCUT2D eigenvalue weighted by atomic mass is 9.92. The van der Waals surface area contributed by atoms with Crippen LogP contribution < -0.4 is 5.32 Å². The highest BCUT2D eigenvalue weighted by atomic mass is 35.5. The summed E-state index contributed by atoms with van der Waals surface area (Å²) < 4.78 is 30.8. The molecule has 34 heavy (non-hydrogen) atoms. The van der Waals surface area contributed by atoms with Crippen LogP contribution in [0, 0.1) is 11.8 Å². The topological polar surface area (TPSA) is 88.6 Å². The second-order valence-electron chi connectivity index (χ2n) is 9.30. The van der Waals surface area contributed by atoms with Crippen molar-refractivity contribution < 1.29 is 17.9 Å². The third-order valence-corrected chi connectivity index (χ3v) is 8.17. The summed E-state index contributed by atoms with van der Waals surface area (Å²) in [5, 5.41) is 4.03. The molecule has 2 fully saturated rings. The molecule has 0 saturated carbocycles. The Hall–Kier alpha value is -2.00. The molecule has 2 aliphatic rings. The van der Waals surface area contributed by atoms with Gasteiger partial charge >= 0.3 is 0 Å². The number of hydrogen-bond acceptors (Lipinski definition) is 6. The number of carbonyl (C=O) groups excluding carboxylic acids is 1. The number of aromatic nitrogens is 1. The zero-order valence-corrected chi connectivity index (χ0v) is 21.1. The number of anilines is 1. The highest BCUT2D eigenvalue weighted by Crippen LogP contribution is 2.30. The van der Waals surface area contributed by atoms with Gasteiger partial charge in [-0.2, -0.15) is 0 Å². The van der Waals surface area contributed by atoms with Crippen LogP contribution in [0.2, 0.25) is 5.02 Å². The molecule has 0 amide bonds. The molecular formula is C25H32ClN3O4S. The second-order valence-corrected chi connectivity index (χ2v) is 11.7. The zero-order valence-electron chi connectivity index (χ0n) is 19.5.